The van der Waals surface area contributed by atoms with E-state index >= 15 is 0 Å². The number of hydrogen-bond acceptors (Lipinski definition) is 10. The van der Waals surface area contributed by atoms with Gasteiger partial charge in [0, 0.05) is 28.6 Å². The van der Waals surface area contributed by atoms with Crippen molar-refractivity contribution >= 4 is 45.7 Å². The molecular weight excluding hydrogens is 779 g/mol. The Balaban J connectivity index is 1.12. The Bertz CT molecular complexity index is 2050. The van der Waals surface area contributed by atoms with Gasteiger partial charge in [0.05, 0.1) is 48.8 Å². The summed E-state index contributed by atoms with van der Waals surface area (Å²) in [5.41, 5.74) is 3.73. The fraction of sp³-hybridized carbons (Fsp3) is 0.481. The Morgan fingerprint density at radius 1 is 0.597 bits per heavy atom. The Labute approximate surface area is 369 Å². The van der Waals surface area contributed by atoms with Crippen LogP contribution in [-0.4, -0.2) is 44.3 Å². The van der Waals surface area contributed by atoms with E-state index in [0.717, 1.165) is 84.8 Å². The number of hydrogen-bond donors (Lipinski definition) is 1. The van der Waals surface area contributed by atoms with Crippen LogP contribution in [0.25, 0.3) is 10.8 Å². The summed E-state index contributed by atoms with van der Waals surface area (Å²) in [5.74, 6) is 0.0468. The van der Waals surface area contributed by atoms with Gasteiger partial charge < -0.3 is 24.3 Å². The fourth-order valence-electron chi connectivity index (χ4n) is 6.40. The van der Waals surface area contributed by atoms with Gasteiger partial charge in [-0.2, -0.15) is 5.11 Å². The van der Waals surface area contributed by atoms with Crippen molar-refractivity contribution in [2.75, 3.05) is 31.7 Å². The summed E-state index contributed by atoms with van der Waals surface area (Å²) in [6.45, 7) is 17.8. The lowest BCUT2D eigenvalue weighted by Gasteiger charge is -2.36. The molecule has 4 aromatic rings. The highest BCUT2D eigenvalue weighted by Gasteiger charge is 2.41. The third-order valence-electron chi connectivity index (χ3n) is 11.5. The first kappa shape index (κ1) is 49.1. The number of unbranched alkanes of at least 4 members (excludes halogenated alkanes) is 10. The Morgan fingerprint density at radius 3 is 1.74 bits per heavy atom. The summed E-state index contributed by atoms with van der Waals surface area (Å²) >= 11 is 0. The fourth-order valence-corrected chi connectivity index (χ4v) is 6.40. The molecule has 0 aliphatic rings. The van der Waals surface area contributed by atoms with Gasteiger partial charge in [-0.3, -0.25) is 4.79 Å². The molecule has 0 heterocycles. The summed E-state index contributed by atoms with van der Waals surface area (Å²) in [6.07, 6.45) is 12.3. The van der Waals surface area contributed by atoms with Crippen LogP contribution in [0.3, 0.4) is 0 Å². The van der Waals surface area contributed by atoms with Crippen LogP contribution in [0.5, 0.6) is 5.75 Å². The van der Waals surface area contributed by atoms with Gasteiger partial charge in [0.1, 0.15) is 5.75 Å². The number of nitrogens with one attached hydrogen (secondary N) is 1. The first-order valence-corrected chi connectivity index (χ1v) is 22.4. The average molecular weight is 848 g/mol. The lowest BCUT2D eigenvalue weighted by molar-refractivity contribution is -0.160. The van der Waals surface area contributed by atoms with Crippen molar-refractivity contribution in [2.45, 2.75) is 125 Å². The maximum atomic E-state index is 12.6. The number of rotatable bonds is 27. The number of azo groups is 1. The molecule has 0 atom stereocenters. The summed E-state index contributed by atoms with van der Waals surface area (Å²) in [6, 6.07) is 27.3. The molecule has 10 heteroatoms. The molecule has 62 heavy (non-hydrogen) atoms. The number of anilines is 1. The predicted octanol–water partition coefficient (Wildman–Crippen LogP) is 13.8. The van der Waals surface area contributed by atoms with E-state index in [0.29, 0.717) is 49.8 Å². The van der Waals surface area contributed by atoms with E-state index in [4.69, 9.17) is 18.9 Å². The van der Waals surface area contributed by atoms with E-state index in [1.807, 2.05) is 77.1 Å². The van der Waals surface area contributed by atoms with Crippen molar-refractivity contribution in [1.82, 2.24) is 0 Å². The Kier molecular flexibility index (Phi) is 20.2. The number of benzene rings is 4. The molecule has 0 spiro atoms. The topological polar surface area (TPSA) is 125 Å². The number of fused-ring (bicyclic) bond motifs is 1. The monoisotopic (exact) mass is 848 g/mol. The SMILES string of the molecule is C=C(C)C(=O)OCCCCCCCCCCOc1ccc(CNc2ccc(N=Nc3ccc(C(=O)OCCCCCCOC(=O)C(C)(C)C(C)(C)C)cc3)c3ccccc23)cc1. The highest BCUT2D eigenvalue weighted by Crippen LogP contribution is 2.39. The van der Waals surface area contributed by atoms with Gasteiger partial charge in [-0.15, -0.1) is 5.11 Å². The van der Waals surface area contributed by atoms with E-state index in [1.165, 1.54) is 25.7 Å². The Hall–Kier alpha value is -5.51. The number of esters is 3. The van der Waals surface area contributed by atoms with Crippen LogP contribution >= 0.6 is 0 Å². The van der Waals surface area contributed by atoms with Crippen LogP contribution in [0, 0.1) is 10.8 Å². The van der Waals surface area contributed by atoms with E-state index < -0.39 is 5.41 Å². The highest BCUT2D eigenvalue weighted by atomic mass is 16.5. The van der Waals surface area contributed by atoms with Gasteiger partial charge in [0.2, 0.25) is 0 Å². The zero-order chi connectivity index (χ0) is 44.8. The molecule has 10 nitrogen and oxygen atoms in total. The molecule has 0 amide bonds. The lowest BCUT2D eigenvalue weighted by Crippen LogP contribution is -2.39. The van der Waals surface area contributed by atoms with E-state index in [9.17, 15) is 14.4 Å². The summed E-state index contributed by atoms with van der Waals surface area (Å²) < 4.78 is 22.1. The second-order valence-corrected chi connectivity index (χ2v) is 17.6. The second kappa shape index (κ2) is 25.4. The molecule has 0 saturated heterocycles. The molecule has 4 rings (SSSR count). The van der Waals surface area contributed by atoms with Crippen molar-refractivity contribution in [1.29, 1.82) is 0 Å². The number of carbonyl (C=O) groups excluding carboxylic acids is 3. The van der Waals surface area contributed by atoms with Crippen LogP contribution < -0.4 is 10.1 Å². The van der Waals surface area contributed by atoms with Crippen molar-refractivity contribution in [2.24, 2.45) is 21.1 Å². The average Bonchev–Trinajstić information content (AvgIpc) is 3.26. The number of carbonyl (C=O) groups is 3. The van der Waals surface area contributed by atoms with Gasteiger partial charge >= 0.3 is 17.9 Å². The van der Waals surface area contributed by atoms with Gasteiger partial charge in [-0.05, 0) is 119 Å². The normalized spacial score (nSPS) is 11.7. The number of ether oxygens (including phenoxy) is 4. The lowest BCUT2D eigenvalue weighted by atomic mass is 9.69. The maximum absolute atomic E-state index is 12.6. The maximum Gasteiger partial charge on any atom is 0.338 e. The van der Waals surface area contributed by atoms with Gasteiger partial charge in [-0.25, -0.2) is 9.59 Å². The minimum absolute atomic E-state index is 0.167. The smallest absolute Gasteiger partial charge is 0.338 e. The van der Waals surface area contributed by atoms with Gasteiger partial charge in [0.25, 0.3) is 0 Å². The van der Waals surface area contributed by atoms with Crippen LogP contribution in [-0.2, 0) is 30.3 Å². The van der Waals surface area contributed by atoms with Crippen LogP contribution in [0.2, 0.25) is 0 Å². The molecule has 0 unspecified atom stereocenters. The van der Waals surface area contributed by atoms with Crippen LogP contribution in [0.15, 0.2) is 107 Å². The quantitative estimate of drug-likeness (QED) is 0.0207. The first-order chi connectivity index (χ1) is 29.8. The molecule has 0 aliphatic carbocycles. The standard InChI is InChI=1S/C52H69N3O7/c1-39(2)48(56)60-35-19-13-11-9-8-10-12-18-34-59-43-30-24-40(25-31-43)38-53-46-32-33-47(45-23-17-16-22-44(45)46)55-54-42-28-26-41(27-29-42)49(57)61-36-20-14-15-21-37-62-50(58)52(6,7)51(3,4)5/h16-17,22-33,53H,1,8-15,18-21,34-38H2,2-7H3. The first-order valence-electron chi connectivity index (χ1n) is 22.4. The van der Waals surface area contributed by atoms with Crippen molar-refractivity contribution in [3.05, 3.63) is 108 Å². The predicted molar refractivity (Wildman–Crippen MR) is 249 cm³/mol. The molecule has 0 saturated carbocycles. The Morgan fingerprint density at radius 2 is 1.15 bits per heavy atom. The minimum Gasteiger partial charge on any atom is -0.494 e. The van der Waals surface area contributed by atoms with Crippen molar-refractivity contribution in [3.8, 4) is 5.75 Å². The third kappa shape index (κ3) is 16.4. The number of nitrogens with zero attached hydrogens (tertiary/aromatic N) is 2. The van der Waals surface area contributed by atoms with Gasteiger partial charge in [0.15, 0.2) is 0 Å². The molecule has 0 fully saturated rings. The summed E-state index contributed by atoms with van der Waals surface area (Å²) in [5, 5.41) is 14.6. The van der Waals surface area contributed by atoms with E-state index in [-0.39, 0.29) is 23.3 Å². The molecule has 4 aromatic carbocycles. The van der Waals surface area contributed by atoms with Crippen LogP contribution in [0.4, 0.5) is 17.1 Å². The second-order valence-electron chi connectivity index (χ2n) is 17.6. The van der Waals surface area contributed by atoms with Crippen molar-refractivity contribution < 1.29 is 33.3 Å². The molecule has 1 N–H and O–H groups in total. The third-order valence-corrected chi connectivity index (χ3v) is 11.5. The molecular formula is C52H69N3O7. The largest absolute Gasteiger partial charge is 0.494 e. The molecule has 334 valence electrons. The zero-order valence-corrected chi connectivity index (χ0v) is 38.1. The summed E-state index contributed by atoms with van der Waals surface area (Å²) in [4.78, 5) is 36.5. The molecule has 0 aliphatic heterocycles. The zero-order valence-electron chi connectivity index (χ0n) is 38.1. The summed E-state index contributed by atoms with van der Waals surface area (Å²) in [7, 11) is 0. The van der Waals surface area contributed by atoms with E-state index in [2.05, 4.69) is 40.3 Å². The molecule has 0 radical (unpaired) electrons. The van der Waals surface area contributed by atoms with Crippen molar-refractivity contribution in [3.63, 3.8) is 0 Å². The molecule has 0 aromatic heterocycles. The highest BCUT2D eigenvalue weighted by molar-refractivity contribution is 6.00. The molecule has 0 bridgehead atoms. The minimum atomic E-state index is -0.549. The van der Waals surface area contributed by atoms with Crippen LogP contribution in [0.1, 0.15) is 135 Å². The van der Waals surface area contributed by atoms with Gasteiger partial charge in [-0.1, -0.05) is 102 Å². The van der Waals surface area contributed by atoms with E-state index in [1.54, 1.807) is 31.2 Å².